The largest absolute Gasteiger partial charge is 0.381 e. The van der Waals surface area contributed by atoms with E-state index in [0.29, 0.717) is 11.5 Å². The fourth-order valence-corrected chi connectivity index (χ4v) is 4.25. The molecule has 6 heteroatoms. The topological polar surface area (TPSA) is 56.8 Å². The zero-order valence-electron chi connectivity index (χ0n) is 15.9. The van der Waals surface area contributed by atoms with Crippen molar-refractivity contribution >= 4 is 17.4 Å². The maximum Gasteiger partial charge on any atom is 0.319 e. The van der Waals surface area contributed by atoms with Gasteiger partial charge < -0.3 is 25.2 Å². The second kappa shape index (κ2) is 7.08. The summed E-state index contributed by atoms with van der Waals surface area (Å²) in [6.45, 7) is 8.00. The predicted octanol–water partition coefficient (Wildman–Crippen LogP) is 2.44. The van der Waals surface area contributed by atoms with E-state index in [1.165, 1.54) is 5.69 Å². The molecule has 142 valence electrons. The van der Waals surface area contributed by atoms with E-state index in [-0.39, 0.29) is 6.03 Å². The summed E-state index contributed by atoms with van der Waals surface area (Å²) in [5.41, 5.74) is 3.54. The highest BCUT2D eigenvalue weighted by molar-refractivity contribution is 5.91. The lowest BCUT2D eigenvalue weighted by Gasteiger charge is -2.34. The zero-order chi connectivity index (χ0) is 18.1. The number of nitrogens with zero attached hydrogens (tertiary/aromatic N) is 2. The molecule has 2 heterocycles. The van der Waals surface area contributed by atoms with E-state index >= 15 is 0 Å². The fourth-order valence-electron chi connectivity index (χ4n) is 4.25. The van der Waals surface area contributed by atoms with Gasteiger partial charge in [-0.25, -0.2) is 4.79 Å². The van der Waals surface area contributed by atoms with Gasteiger partial charge in [-0.1, -0.05) is 0 Å². The molecule has 4 rings (SSSR count). The minimum atomic E-state index is -0.0891. The number of benzene rings is 1. The van der Waals surface area contributed by atoms with Gasteiger partial charge in [-0.2, -0.15) is 0 Å². The van der Waals surface area contributed by atoms with Crippen LogP contribution in [-0.2, 0) is 4.74 Å². The van der Waals surface area contributed by atoms with Crippen molar-refractivity contribution < 1.29 is 9.53 Å². The van der Waals surface area contributed by atoms with Crippen molar-refractivity contribution in [2.24, 2.45) is 5.41 Å². The van der Waals surface area contributed by atoms with Gasteiger partial charge in [0.05, 0.1) is 0 Å². The predicted molar refractivity (Wildman–Crippen MR) is 104 cm³/mol. The first kappa shape index (κ1) is 17.6. The smallest absolute Gasteiger partial charge is 0.319 e. The molecule has 2 saturated heterocycles. The summed E-state index contributed by atoms with van der Waals surface area (Å²) >= 11 is 0. The highest BCUT2D eigenvalue weighted by atomic mass is 16.5. The van der Waals surface area contributed by atoms with Crippen LogP contribution in [0, 0.1) is 12.3 Å². The van der Waals surface area contributed by atoms with Gasteiger partial charge in [-0.05, 0) is 62.4 Å². The van der Waals surface area contributed by atoms with Crippen LogP contribution in [0.3, 0.4) is 0 Å². The van der Waals surface area contributed by atoms with Gasteiger partial charge in [0.15, 0.2) is 0 Å². The molecule has 1 aromatic carbocycles. The van der Waals surface area contributed by atoms with Crippen molar-refractivity contribution in [2.75, 3.05) is 56.7 Å². The minimum absolute atomic E-state index is 0.0891. The Morgan fingerprint density at radius 2 is 1.92 bits per heavy atom. The van der Waals surface area contributed by atoms with Crippen LogP contribution in [0.15, 0.2) is 18.2 Å². The van der Waals surface area contributed by atoms with Gasteiger partial charge in [-0.15, -0.1) is 0 Å². The van der Waals surface area contributed by atoms with Crippen LogP contribution in [0.25, 0.3) is 0 Å². The number of nitrogens with one attached hydrogen (secondary N) is 2. The summed E-state index contributed by atoms with van der Waals surface area (Å²) in [4.78, 5) is 17.2. The lowest BCUT2D eigenvalue weighted by Crippen LogP contribution is -2.44. The Morgan fingerprint density at radius 3 is 2.62 bits per heavy atom. The molecule has 0 bridgehead atoms. The van der Waals surface area contributed by atoms with Crippen LogP contribution in [0.5, 0.6) is 0 Å². The molecule has 1 unspecified atom stereocenters. The third-order valence-electron chi connectivity index (χ3n) is 6.31. The first-order chi connectivity index (χ1) is 12.6. The summed E-state index contributed by atoms with van der Waals surface area (Å²) in [7, 11) is 2.17. The van der Waals surface area contributed by atoms with Crippen LogP contribution in [0.4, 0.5) is 16.2 Å². The number of rotatable bonds is 3. The van der Waals surface area contributed by atoms with Crippen molar-refractivity contribution in [3.63, 3.8) is 0 Å². The molecule has 6 nitrogen and oxygen atoms in total. The summed E-state index contributed by atoms with van der Waals surface area (Å²) in [6.07, 6.45) is 3.22. The lowest BCUT2D eigenvalue weighted by molar-refractivity contribution is 0.0548. The Hall–Kier alpha value is -1.79. The number of hydrogen-bond acceptors (Lipinski definition) is 4. The van der Waals surface area contributed by atoms with E-state index in [0.717, 1.165) is 69.9 Å². The number of hydrogen-bond donors (Lipinski definition) is 2. The number of piperazine rings is 1. The highest BCUT2D eigenvalue weighted by Crippen LogP contribution is 2.53. The van der Waals surface area contributed by atoms with Crippen LogP contribution in [0.1, 0.15) is 24.8 Å². The first-order valence-electron chi connectivity index (χ1n) is 9.75. The molecule has 0 radical (unpaired) electrons. The van der Waals surface area contributed by atoms with E-state index in [1.807, 2.05) is 6.07 Å². The SMILES string of the molecule is Cc1cc(N2CCN(C)CC2)ccc1NC(=O)NC1CC12CCOCC2. The average Bonchev–Trinajstić information content (AvgIpc) is 3.28. The lowest BCUT2D eigenvalue weighted by atomic mass is 9.96. The maximum atomic E-state index is 12.4. The maximum absolute atomic E-state index is 12.4. The monoisotopic (exact) mass is 358 g/mol. The van der Waals surface area contributed by atoms with Gasteiger partial charge in [0.25, 0.3) is 0 Å². The van der Waals surface area contributed by atoms with E-state index < -0.39 is 0 Å². The second-order valence-corrected chi connectivity index (χ2v) is 8.12. The van der Waals surface area contributed by atoms with Crippen LogP contribution in [-0.4, -0.2) is 63.4 Å². The van der Waals surface area contributed by atoms with Crippen molar-refractivity contribution in [1.82, 2.24) is 10.2 Å². The van der Waals surface area contributed by atoms with E-state index in [4.69, 9.17) is 4.74 Å². The van der Waals surface area contributed by atoms with Crippen LogP contribution in [0.2, 0.25) is 0 Å². The van der Waals surface area contributed by atoms with Crippen molar-refractivity contribution in [1.29, 1.82) is 0 Å². The molecule has 2 N–H and O–H groups in total. The van der Waals surface area contributed by atoms with Crippen LogP contribution >= 0.6 is 0 Å². The molecule has 2 amide bonds. The molecule has 1 aliphatic carbocycles. The van der Waals surface area contributed by atoms with Crippen molar-refractivity contribution in [2.45, 2.75) is 32.2 Å². The average molecular weight is 358 g/mol. The molecule has 1 atom stereocenters. The Balaban J connectivity index is 1.32. The molecule has 0 aromatic heterocycles. The van der Waals surface area contributed by atoms with E-state index in [1.54, 1.807) is 0 Å². The molecule has 1 aromatic rings. The quantitative estimate of drug-likeness (QED) is 0.871. The summed E-state index contributed by atoms with van der Waals surface area (Å²) < 4.78 is 5.44. The number of ether oxygens (including phenoxy) is 1. The van der Waals surface area contributed by atoms with Crippen molar-refractivity contribution in [3.05, 3.63) is 23.8 Å². The second-order valence-electron chi connectivity index (χ2n) is 8.12. The molecular formula is C20H30N4O2. The van der Waals surface area contributed by atoms with Gasteiger partial charge in [0.2, 0.25) is 0 Å². The molecule has 3 fully saturated rings. The summed E-state index contributed by atoms with van der Waals surface area (Å²) in [5.74, 6) is 0. The third kappa shape index (κ3) is 3.67. The van der Waals surface area contributed by atoms with Gasteiger partial charge in [0.1, 0.15) is 0 Å². The molecule has 1 spiro atoms. The number of carbonyl (C=O) groups is 1. The molecular weight excluding hydrogens is 328 g/mol. The van der Waals surface area contributed by atoms with Gasteiger partial charge >= 0.3 is 6.03 Å². The number of carbonyl (C=O) groups excluding carboxylic acids is 1. The van der Waals surface area contributed by atoms with Crippen LogP contribution < -0.4 is 15.5 Å². The Morgan fingerprint density at radius 1 is 1.19 bits per heavy atom. The standard InChI is InChI=1S/C20H30N4O2/c1-15-13-16(24-9-7-23(2)8-10-24)3-4-17(15)21-19(25)22-18-14-20(18)5-11-26-12-6-20/h3-4,13,18H,5-12,14H2,1-2H3,(H2,21,22,25). The van der Waals surface area contributed by atoms with Crippen molar-refractivity contribution in [3.8, 4) is 0 Å². The summed E-state index contributed by atoms with van der Waals surface area (Å²) in [5, 5.41) is 6.18. The Labute approximate surface area is 155 Å². The number of aryl methyl sites for hydroxylation is 1. The summed E-state index contributed by atoms with van der Waals surface area (Å²) in [6, 6.07) is 6.54. The molecule has 3 aliphatic rings. The van der Waals surface area contributed by atoms with E-state index in [2.05, 4.69) is 46.5 Å². The number of amides is 2. The first-order valence-corrected chi connectivity index (χ1v) is 9.75. The molecule has 2 aliphatic heterocycles. The third-order valence-corrected chi connectivity index (χ3v) is 6.31. The van der Waals surface area contributed by atoms with E-state index in [9.17, 15) is 4.79 Å². The molecule has 1 saturated carbocycles. The fraction of sp³-hybridized carbons (Fsp3) is 0.650. The van der Waals surface area contributed by atoms with Gasteiger partial charge in [-0.3, -0.25) is 0 Å². The minimum Gasteiger partial charge on any atom is -0.381 e. The molecule has 26 heavy (non-hydrogen) atoms. The number of likely N-dealkylation sites (N-methyl/N-ethyl adjacent to an activating group) is 1. The number of anilines is 2. The highest BCUT2D eigenvalue weighted by Gasteiger charge is 2.55. The zero-order valence-corrected chi connectivity index (χ0v) is 15.9. The Kier molecular flexibility index (Phi) is 4.80. The Bertz CT molecular complexity index is 664. The number of urea groups is 1. The van der Waals surface area contributed by atoms with Gasteiger partial charge in [0, 0.05) is 56.8 Å². The normalized spacial score (nSPS) is 25.2.